The molecule has 0 atom stereocenters. The quantitative estimate of drug-likeness (QED) is 0.666. The van der Waals surface area contributed by atoms with Gasteiger partial charge in [0.2, 0.25) is 0 Å². The van der Waals surface area contributed by atoms with E-state index in [2.05, 4.69) is 0 Å². The molecule has 0 unspecified atom stereocenters. The van der Waals surface area contributed by atoms with Gasteiger partial charge in [-0.25, -0.2) is 0 Å². The van der Waals surface area contributed by atoms with Gasteiger partial charge in [-0.2, -0.15) is 0 Å². The number of carbonyl (C=O) groups is 1. The van der Waals surface area contributed by atoms with Crippen LogP contribution in [0.15, 0.2) is 30.0 Å². The predicted octanol–water partition coefficient (Wildman–Crippen LogP) is 1.71. The monoisotopic (exact) mass is 190 g/mol. The van der Waals surface area contributed by atoms with E-state index in [1.165, 1.54) is 6.26 Å². The predicted molar refractivity (Wildman–Crippen MR) is 51.5 cm³/mol. The van der Waals surface area contributed by atoms with Crippen molar-refractivity contribution in [3.63, 3.8) is 0 Å². The molecule has 2 rings (SSSR count). The molecule has 0 spiro atoms. The van der Waals surface area contributed by atoms with Crippen LogP contribution in [-0.4, -0.2) is 13.4 Å². The lowest BCUT2D eigenvalue weighted by atomic mass is 10.0. The number of rotatable bonds is 2. The molecule has 72 valence electrons. The lowest BCUT2D eigenvalue weighted by Crippen LogP contribution is -2.03. The number of ether oxygens (including phenoxy) is 2. The van der Waals surface area contributed by atoms with Crippen LogP contribution in [0.3, 0.4) is 0 Å². The molecule has 3 nitrogen and oxygen atoms in total. The number of aldehydes is 1. The summed E-state index contributed by atoms with van der Waals surface area (Å²) in [6.45, 7) is 0. The van der Waals surface area contributed by atoms with E-state index in [4.69, 9.17) is 9.47 Å². The van der Waals surface area contributed by atoms with Gasteiger partial charge in [-0.1, -0.05) is 0 Å². The minimum absolute atomic E-state index is 0.607. The number of fused-ring (bicyclic) bond motifs is 1. The van der Waals surface area contributed by atoms with E-state index in [-0.39, 0.29) is 0 Å². The third-order valence-corrected chi connectivity index (χ3v) is 2.15. The lowest BCUT2D eigenvalue weighted by Gasteiger charge is -2.14. The van der Waals surface area contributed by atoms with E-state index in [0.29, 0.717) is 12.0 Å². The van der Waals surface area contributed by atoms with Crippen molar-refractivity contribution in [3.05, 3.63) is 35.6 Å². The third kappa shape index (κ3) is 1.48. The zero-order valence-electron chi connectivity index (χ0n) is 7.82. The van der Waals surface area contributed by atoms with Crippen LogP contribution in [0.4, 0.5) is 0 Å². The Labute approximate surface area is 81.9 Å². The first-order valence-electron chi connectivity index (χ1n) is 4.31. The molecule has 0 bridgehead atoms. The topological polar surface area (TPSA) is 35.5 Å². The number of hydrogen-bond donors (Lipinski definition) is 0. The van der Waals surface area contributed by atoms with Crippen LogP contribution in [0.2, 0.25) is 0 Å². The molecule has 3 heteroatoms. The highest BCUT2D eigenvalue weighted by atomic mass is 16.5. The summed E-state index contributed by atoms with van der Waals surface area (Å²) in [7, 11) is 1.61. The average molecular weight is 190 g/mol. The number of hydrogen-bond acceptors (Lipinski definition) is 3. The summed E-state index contributed by atoms with van der Waals surface area (Å²) in [5, 5.41) is 0. The first kappa shape index (κ1) is 8.81. The fraction of sp³-hybridized carbons (Fsp3) is 0.182. The highest BCUT2D eigenvalue weighted by Gasteiger charge is 2.12. The maximum atomic E-state index is 10.5. The average Bonchev–Trinajstić information content (AvgIpc) is 2.27. The molecule has 0 aliphatic carbocycles. The molecule has 0 amide bonds. The maximum absolute atomic E-state index is 10.5. The smallest absolute Gasteiger partial charge is 0.149 e. The van der Waals surface area contributed by atoms with Gasteiger partial charge in [-0.05, 0) is 18.2 Å². The lowest BCUT2D eigenvalue weighted by molar-refractivity contribution is -0.105. The van der Waals surface area contributed by atoms with E-state index in [9.17, 15) is 4.79 Å². The summed E-state index contributed by atoms with van der Waals surface area (Å²) in [4.78, 5) is 10.5. The summed E-state index contributed by atoms with van der Waals surface area (Å²) in [5.74, 6) is 1.57. The maximum Gasteiger partial charge on any atom is 0.149 e. The van der Waals surface area contributed by atoms with Crippen molar-refractivity contribution in [1.29, 1.82) is 0 Å². The third-order valence-electron chi connectivity index (χ3n) is 2.15. The summed E-state index contributed by atoms with van der Waals surface area (Å²) in [6, 6.07) is 5.55. The van der Waals surface area contributed by atoms with E-state index in [0.717, 1.165) is 23.3 Å². The number of benzene rings is 1. The molecule has 0 saturated heterocycles. The standard InChI is InChI=1S/C11H10O3/c1-13-10-2-3-11-9(5-10)4-8(6-12)7-14-11/h2-3,5-7H,4H2,1H3. The molecular weight excluding hydrogens is 180 g/mol. The molecule has 1 aromatic carbocycles. The highest BCUT2D eigenvalue weighted by molar-refractivity contribution is 5.74. The highest BCUT2D eigenvalue weighted by Crippen LogP contribution is 2.29. The SMILES string of the molecule is COc1ccc2c(c1)CC(C=O)=CO2. The Morgan fingerprint density at radius 1 is 1.50 bits per heavy atom. The molecule has 0 aromatic heterocycles. The Bertz CT molecular complexity index is 394. The van der Waals surface area contributed by atoms with E-state index < -0.39 is 0 Å². The second-order valence-electron chi connectivity index (χ2n) is 3.08. The number of carbonyl (C=O) groups excluding carboxylic acids is 1. The van der Waals surface area contributed by atoms with E-state index in [1.54, 1.807) is 7.11 Å². The molecule has 0 saturated carbocycles. The Balaban J connectivity index is 2.34. The zero-order chi connectivity index (χ0) is 9.97. The first-order valence-corrected chi connectivity index (χ1v) is 4.31. The van der Waals surface area contributed by atoms with E-state index in [1.807, 2.05) is 18.2 Å². The Kier molecular flexibility index (Phi) is 2.23. The van der Waals surface area contributed by atoms with Crippen molar-refractivity contribution in [3.8, 4) is 11.5 Å². The van der Waals surface area contributed by atoms with Crippen LogP contribution < -0.4 is 9.47 Å². The molecule has 0 N–H and O–H groups in total. The van der Waals surface area contributed by atoms with Gasteiger partial charge in [0.25, 0.3) is 0 Å². The van der Waals surface area contributed by atoms with Crippen molar-refractivity contribution in [2.45, 2.75) is 6.42 Å². The summed E-state index contributed by atoms with van der Waals surface area (Å²) in [6.07, 6.45) is 2.90. The molecule has 0 fully saturated rings. The van der Waals surface area contributed by atoms with Crippen LogP contribution in [-0.2, 0) is 11.2 Å². The Hall–Kier alpha value is -1.77. The second kappa shape index (κ2) is 3.54. The first-order chi connectivity index (χ1) is 6.83. The van der Waals surface area contributed by atoms with Crippen molar-refractivity contribution in [1.82, 2.24) is 0 Å². The van der Waals surface area contributed by atoms with Crippen molar-refractivity contribution in [2.75, 3.05) is 7.11 Å². The van der Waals surface area contributed by atoms with Crippen molar-refractivity contribution in [2.24, 2.45) is 0 Å². The van der Waals surface area contributed by atoms with Gasteiger partial charge < -0.3 is 9.47 Å². The van der Waals surface area contributed by atoms with Crippen LogP contribution in [0, 0.1) is 0 Å². The molecule has 1 aliphatic heterocycles. The number of methoxy groups -OCH3 is 1. The van der Waals surface area contributed by atoms with Crippen LogP contribution in [0.5, 0.6) is 11.5 Å². The minimum Gasteiger partial charge on any atom is -0.497 e. The van der Waals surface area contributed by atoms with Crippen LogP contribution in [0.1, 0.15) is 5.56 Å². The van der Waals surface area contributed by atoms with Gasteiger partial charge in [0, 0.05) is 17.6 Å². The largest absolute Gasteiger partial charge is 0.497 e. The molecule has 1 heterocycles. The van der Waals surface area contributed by atoms with Gasteiger partial charge >= 0.3 is 0 Å². The summed E-state index contributed by atoms with van der Waals surface area (Å²) >= 11 is 0. The summed E-state index contributed by atoms with van der Waals surface area (Å²) < 4.78 is 10.4. The minimum atomic E-state index is 0.607. The van der Waals surface area contributed by atoms with Crippen LogP contribution in [0.25, 0.3) is 0 Å². The van der Waals surface area contributed by atoms with Gasteiger partial charge in [-0.3, -0.25) is 4.79 Å². The second-order valence-corrected chi connectivity index (χ2v) is 3.08. The molecular formula is C11H10O3. The van der Waals surface area contributed by atoms with Crippen LogP contribution >= 0.6 is 0 Å². The summed E-state index contributed by atoms with van der Waals surface area (Å²) in [5.41, 5.74) is 1.62. The Morgan fingerprint density at radius 3 is 3.07 bits per heavy atom. The Morgan fingerprint density at radius 2 is 2.36 bits per heavy atom. The van der Waals surface area contributed by atoms with Gasteiger partial charge in [-0.15, -0.1) is 0 Å². The van der Waals surface area contributed by atoms with Gasteiger partial charge in [0.15, 0.2) is 0 Å². The fourth-order valence-corrected chi connectivity index (χ4v) is 1.41. The number of allylic oxidation sites excluding steroid dienone is 1. The zero-order valence-corrected chi connectivity index (χ0v) is 7.82. The normalized spacial score (nSPS) is 13.6. The van der Waals surface area contributed by atoms with Gasteiger partial charge in [0.05, 0.1) is 13.4 Å². The van der Waals surface area contributed by atoms with Crippen molar-refractivity contribution < 1.29 is 14.3 Å². The molecule has 1 aliphatic rings. The fourth-order valence-electron chi connectivity index (χ4n) is 1.41. The van der Waals surface area contributed by atoms with Gasteiger partial charge in [0.1, 0.15) is 17.8 Å². The molecule has 14 heavy (non-hydrogen) atoms. The van der Waals surface area contributed by atoms with Crippen molar-refractivity contribution >= 4 is 6.29 Å². The molecule has 1 aromatic rings. The molecule has 0 radical (unpaired) electrons. The van der Waals surface area contributed by atoms with E-state index >= 15 is 0 Å².